The van der Waals surface area contributed by atoms with Crippen LogP contribution in [0.15, 0.2) is 18.3 Å². The van der Waals surface area contributed by atoms with Gasteiger partial charge in [0.05, 0.1) is 13.2 Å². The summed E-state index contributed by atoms with van der Waals surface area (Å²) in [6.07, 6.45) is 2.49. The molecule has 1 rings (SSSR count). The molecule has 0 amide bonds. The third-order valence-electron chi connectivity index (χ3n) is 2.19. The van der Waals surface area contributed by atoms with Gasteiger partial charge in [0.25, 0.3) is 0 Å². The second-order valence-corrected chi connectivity index (χ2v) is 3.49. The van der Waals surface area contributed by atoms with Crippen LogP contribution in [0.5, 0.6) is 0 Å². The fourth-order valence-electron chi connectivity index (χ4n) is 1.37. The summed E-state index contributed by atoms with van der Waals surface area (Å²) in [5, 5.41) is 20.6. The van der Waals surface area contributed by atoms with Crippen molar-refractivity contribution in [3.8, 4) is 6.07 Å². The smallest absolute Gasteiger partial charge is 0.144 e. The lowest BCUT2D eigenvalue weighted by atomic mass is 10.2. The van der Waals surface area contributed by atoms with Crippen LogP contribution in [-0.4, -0.2) is 36.5 Å². The van der Waals surface area contributed by atoms with Crippen LogP contribution in [0.25, 0.3) is 0 Å². The van der Waals surface area contributed by atoms with E-state index < -0.39 is 0 Å². The lowest BCUT2D eigenvalue weighted by molar-refractivity contribution is 0.0907. The number of nitrogens with one attached hydrogen (secondary N) is 1. The average molecular weight is 235 g/mol. The molecular weight excluding hydrogens is 218 g/mol. The van der Waals surface area contributed by atoms with E-state index in [1.165, 1.54) is 0 Å². The Kier molecular flexibility index (Phi) is 6.91. The topological polar surface area (TPSA) is 78.2 Å². The predicted octanol–water partition coefficient (Wildman–Crippen LogP) is 0.442. The molecule has 1 heterocycles. The molecule has 0 saturated heterocycles. The van der Waals surface area contributed by atoms with Crippen molar-refractivity contribution in [1.29, 1.82) is 5.26 Å². The Labute approximate surface area is 101 Å². The Bertz CT molecular complexity index is 363. The van der Waals surface area contributed by atoms with Gasteiger partial charge in [-0.15, -0.1) is 0 Å². The SMILES string of the molecule is N#Cc1ncccc1CNCCCOCCO. The normalized spacial score (nSPS) is 10.1. The molecule has 0 saturated carbocycles. The summed E-state index contributed by atoms with van der Waals surface area (Å²) >= 11 is 0. The van der Waals surface area contributed by atoms with Crippen molar-refractivity contribution in [2.45, 2.75) is 13.0 Å². The molecule has 0 aliphatic carbocycles. The van der Waals surface area contributed by atoms with Crippen LogP contribution in [0.2, 0.25) is 0 Å². The second kappa shape index (κ2) is 8.65. The summed E-state index contributed by atoms with van der Waals surface area (Å²) in [5.74, 6) is 0. The van der Waals surface area contributed by atoms with E-state index in [1.807, 2.05) is 12.1 Å². The molecule has 0 unspecified atom stereocenters. The number of ether oxygens (including phenoxy) is 1. The minimum Gasteiger partial charge on any atom is -0.394 e. The van der Waals surface area contributed by atoms with Crippen LogP contribution >= 0.6 is 0 Å². The van der Waals surface area contributed by atoms with Gasteiger partial charge in [0, 0.05) is 24.9 Å². The van der Waals surface area contributed by atoms with Gasteiger partial charge in [0.15, 0.2) is 0 Å². The lowest BCUT2D eigenvalue weighted by Crippen LogP contribution is -2.17. The van der Waals surface area contributed by atoms with Crippen LogP contribution < -0.4 is 5.32 Å². The quantitative estimate of drug-likeness (QED) is 0.639. The highest BCUT2D eigenvalue weighted by Crippen LogP contribution is 2.02. The predicted molar refractivity (Wildman–Crippen MR) is 63.2 cm³/mol. The van der Waals surface area contributed by atoms with Gasteiger partial charge in [-0.25, -0.2) is 4.98 Å². The Hall–Kier alpha value is -1.48. The molecular formula is C12H17N3O2. The number of nitrogens with zero attached hydrogens (tertiary/aromatic N) is 2. The Morgan fingerprint density at radius 3 is 3.12 bits per heavy atom. The van der Waals surface area contributed by atoms with Gasteiger partial charge in [0.2, 0.25) is 0 Å². The van der Waals surface area contributed by atoms with E-state index in [0.29, 0.717) is 25.5 Å². The first kappa shape index (κ1) is 13.6. The summed E-state index contributed by atoms with van der Waals surface area (Å²) < 4.78 is 5.13. The molecule has 1 aromatic rings. The summed E-state index contributed by atoms with van der Waals surface area (Å²) in [6.45, 7) is 2.53. The van der Waals surface area contributed by atoms with Crippen molar-refractivity contribution in [1.82, 2.24) is 10.3 Å². The Morgan fingerprint density at radius 2 is 2.35 bits per heavy atom. The maximum absolute atomic E-state index is 8.83. The minimum atomic E-state index is 0.0641. The van der Waals surface area contributed by atoms with Crippen LogP contribution in [0.4, 0.5) is 0 Å². The Morgan fingerprint density at radius 1 is 1.47 bits per heavy atom. The van der Waals surface area contributed by atoms with Gasteiger partial charge in [0.1, 0.15) is 11.8 Å². The first-order valence-corrected chi connectivity index (χ1v) is 5.61. The zero-order chi connectivity index (χ0) is 12.3. The van der Waals surface area contributed by atoms with Gasteiger partial charge < -0.3 is 15.2 Å². The number of rotatable bonds is 8. The summed E-state index contributed by atoms with van der Waals surface area (Å²) in [6, 6.07) is 5.77. The van der Waals surface area contributed by atoms with Crippen molar-refractivity contribution >= 4 is 0 Å². The highest BCUT2D eigenvalue weighted by Gasteiger charge is 2.00. The van der Waals surface area contributed by atoms with Gasteiger partial charge in [-0.1, -0.05) is 6.07 Å². The number of pyridine rings is 1. The number of aliphatic hydroxyl groups excluding tert-OH is 1. The van der Waals surface area contributed by atoms with Crippen molar-refractivity contribution in [3.63, 3.8) is 0 Å². The van der Waals surface area contributed by atoms with Crippen molar-refractivity contribution in [2.24, 2.45) is 0 Å². The van der Waals surface area contributed by atoms with E-state index >= 15 is 0 Å². The van der Waals surface area contributed by atoms with E-state index in [2.05, 4.69) is 16.4 Å². The van der Waals surface area contributed by atoms with Crippen LogP contribution in [-0.2, 0) is 11.3 Å². The molecule has 17 heavy (non-hydrogen) atoms. The average Bonchev–Trinajstić information content (AvgIpc) is 2.38. The molecule has 0 bridgehead atoms. The molecule has 5 heteroatoms. The largest absolute Gasteiger partial charge is 0.394 e. The summed E-state index contributed by atoms with van der Waals surface area (Å²) in [4.78, 5) is 3.98. The monoisotopic (exact) mass is 235 g/mol. The van der Waals surface area contributed by atoms with Crippen molar-refractivity contribution in [2.75, 3.05) is 26.4 Å². The number of aromatic nitrogens is 1. The van der Waals surface area contributed by atoms with E-state index in [0.717, 1.165) is 18.5 Å². The van der Waals surface area contributed by atoms with Crippen LogP contribution in [0.1, 0.15) is 17.7 Å². The third-order valence-corrected chi connectivity index (χ3v) is 2.19. The first-order chi connectivity index (χ1) is 8.38. The first-order valence-electron chi connectivity index (χ1n) is 5.61. The number of nitriles is 1. The van der Waals surface area contributed by atoms with E-state index in [1.54, 1.807) is 6.20 Å². The fraction of sp³-hybridized carbons (Fsp3) is 0.500. The van der Waals surface area contributed by atoms with Crippen molar-refractivity contribution < 1.29 is 9.84 Å². The minimum absolute atomic E-state index is 0.0641. The highest BCUT2D eigenvalue weighted by atomic mass is 16.5. The van der Waals surface area contributed by atoms with Crippen LogP contribution in [0.3, 0.4) is 0 Å². The van der Waals surface area contributed by atoms with Crippen LogP contribution in [0, 0.1) is 11.3 Å². The molecule has 0 atom stereocenters. The molecule has 0 spiro atoms. The third kappa shape index (κ3) is 5.41. The zero-order valence-corrected chi connectivity index (χ0v) is 9.72. The van der Waals surface area contributed by atoms with E-state index in [-0.39, 0.29) is 6.61 Å². The van der Waals surface area contributed by atoms with Gasteiger partial charge in [-0.05, 0) is 19.0 Å². The molecule has 0 fully saturated rings. The highest BCUT2D eigenvalue weighted by molar-refractivity contribution is 5.30. The molecule has 0 aliphatic heterocycles. The molecule has 1 aromatic heterocycles. The van der Waals surface area contributed by atoms with E-state index in [9.17, 15) is 0 Å². The molecule has 0 aliphatic rings. The lowest BCUT2D eigenvalue weighted by Gasteiger charge is -2.06. The number of hydrogen-bond donors (Lipinski definition) is 2. The molecule has 0 aromatic carbocycles. The maximum Gasteiger partial charge on any atom is 0.144 e. The second-order valence-electron chi connectivity index (χ2n) is 3.49. The molecule has 0 radical (unpaired) electrons. The van der Waals surface area contributed by atoms with Gasteiger partial charge >= 0.3 is 0 Å². The number of hydrogen-bond acceptors (Lipinski definition) is 5. The fourth-order valence-corrected chi connectivity index (χ4v) is 1.37. The van der Waals surface area contributed by atoms with Gasteiger partial charge in [-0.2, -0.15) is 5.26 Å². The Balaban J connectivity index is 2.16. The number of aliphatic hydroxyl groups is 1. The summed E-state index contributed by atoms with van der Waals surface area (Å²) in [5.41, 5.74) is 1.38. The van der Waals surface area contributed by atoms with Crippen molar-refractivity contribution in [3.05, 3.63) is 29.6 Å². The van der Waals surface area contributed by atoms with Gasteiger partial charge in [-0.3, -0.25) is 0 Å². The molecule has 2 N–H and O–H groups in total. The molecule has 92 valence electrons. The maximum atomic E-state index is 8.83. The standard InChI is InChI=1S/C12H17N3O2/c13-9-12-11(3-1-5-15-12)10-14-4-2-7-17-8-6-16/h1,3,5,14,16H,2,4,6-8,10H2. The summed E-state index contributed by atoms with van der Waals surface area (Å²) in [7, 11) is 0. The zero-order valence-electron chi connectivity index (χ0n) is 9.72. The molecule has 5 nitrogen and oxygen atoms in total. The van der Waals surface area contributed by atoms with E-state index in [4.69, 9.17) is 15.1 Å².